The number of nitrogens with zero attached hydrogens (tertiary/aromatic N) is 6. The van der Waals surface area contributed by atoms with Crippen LogP contribution >= 0.6 is 15.9 Å². The van der Waals surface area contributed by atoms with Gasteiger partial charge in [-0.1, -0.05) is 198 Å². The Balaban J connectivity index is 0.000000110. The molecule has 10 nitrogen and oxygen atoms in total. The van der Waals surface area contributed by atoms with E-state index in [1.807, 2.05) is 79.1 Å². The maximum absolute atomic E-state index is 6.49. The first-order chi connectivity index (χ1) is 48.0. The molecule has 0 N–H and O–H groups in total. The minimum atomic E-state index is -0.465. The molecule has 0 radical (unpaired) electrons. The van der Waals surface area contributed by atoms with Gasteiger partial charge in [0.2, 0.25) is 0 Å². The number of fused-ring (bicyclic) bond motifs is 26. The molecule has 12 aromatic carbocycles. The highest BCUT2D eigenvalue weighted by Crippen LogP contribution is 2.45. The van der Waals surface area contributed by atoms with Crippen molar-refractivity contribution in [3.63, 3.8) is 0 Å². The second-order valence-corrected chi connectivity index (χ2v) is 27.2. The normalized spacial score (nSPS) is 13.8. The zero-order chi connectivity index (χ0) is 65.5. The maximum atomic E-state index is 6.49. The predicted octanol–water partition coefficient (Wildman–Crippen LogP) is 22.2. The van der Waals surface area contributed by atoms with Gasteiger partial charge >= 0.3 is 7.12 Å². The van der Waals surface area contributed by atoms with Crippen LogP contribution in [-0.4, -0.2) is 47.1 Å². The number of pyridine rings is 4. The Morgan fingerprint density at radius 3 is 1.32 bits per heavy atom. The summed E-state index contributed by atoms with van der Waals surface area (Å²) in [6.45, 7) is 8.36. The first-order valence-electron chi connectivity index (χ1n) is 33.0. The van der Waals surface area contributed by atoms with Gasteiger partial charge in [-0.2, -0.15) is 0 Å². The van der Waals surface area contributed by atoms with Gasteiger partial charge in [0.25, 0.3) is 0 Å². The SMILES string of the molecule is Brc1cccc(-c2cccc3c2oc2ccccc23)c1.CC1(C)OB(c2cc3c4ncccc4n4c5ccccc5nc4c3c3ccccc23)OC1(C)C.c1cc(-c2cc3c4ncccc4n4c5ccccc5nc4c3c3ccccc23)cc(-c2cccc3c2oc2ccccc23)c1. The van der Waals surface area contributed by atoms with Gasteiger partial charge in [0.05, 0.1) is 55.3 Å². The first kappa shape index (κ1) is 57.9. The average molecular weight is 1330 g/mol. The Morgan fingerprint density at radius 2 is 0.765 bits per heavy atom. The summed E-state index contributed by atoms with van der Waals surface area (Å²) in [5, 5.41) is 13.6. The summed E-state index contributed by atoms with van der Waals surface area (Å²) in [7, 11) is -0.465. The van der Waals surface area contributed by atoms with Crippen molar-refractivity contribution in [3.8, 4) is 33.4 Å². The quantitative estimate of drug-likeness (QED) is 0.127. The van der Waals surface area contributed by atoms with Gasteiger partial charge < -0.3 is 18.1 Å². The summed E-state index contributed by atoms with van der Waals surface area (Å²) in [5.74, 6) is 0. The molecule has 1 saturated heterocycles. The molecular formula is C86H58BBrN6O4. The highest BCUT2D eigenvalue weighted by molar-refractivity contribution is 9.10. The van der Waals surface area contributed by atoms with Crippen molar-refractivity contribution in [1.29, 1.82) is 0 Å². The summed E-state index contributed by atoms with van der Waals surface area (Å²) >= 11 is 3.53. The van der Waals surface area contributed by atoms with Gasteiger partial charge in [0.15, 0.2) is 0 Å². The zero-order valence-electron chi connectivity index (χ0n) is 53.8. The number of hydrogen-bond acceptors (Lipinski definition) is 8. The Labute approximate surface area is 570 Å². The summed E-state index contributed by atoms with van der Waals surface area (Å²) < 4.78 is 31.0. The Bertz CT molecular complexity index is 6690. The molecule has 0 atom stereocenters. The van der Waals surface area contributed by atoms with Crippen LogP contribution in [0.25, 0.3) is 176 Å². The molecule has 1 fully saturated rings. The summed E-state index contributed by atoms with van der Waals surface area (Å²) in [5.41, 5.74) is 20.7. The van der Waals surface area contributed by atoms with Gasteiger partial charge in [0.1, 0.15) is 33.6 Å². The van der Waals surface area contributed by atoms with E-state index in [-0.39, 0.29) is 0 Å². The topological polar surface area (TPSA) is 105 Å². The molecule has 21 rings (SSSR count). The van der Waals surface area contributed by atoms with Crippen molar-refractivity contribution in [3.05, 3.63) is 284 Å². The van der Waals surface area contributed by atoms with Crippen molar-refractivity contribution < 1.29 is 18.1 Å². The van der Waals surface area contributed by atoms with Crippen LogP contribution in [0, 0.1) is 0 Å². The maximum Gasteiger partial charge on any atom is 0.495 e. The van der Waals surface area contributed by atoms with Crippen LogP contribution in [-0.2, 0) is 9.31 Å². The van der Waals surface area contributed by atoms with E-state index in [4.69, 9.17) is 38.1 Å². The lowest BCUT2D eigenvalue weighted by molar-refractivity contribution is 0.00578. The van der Waals surface area contributed by atoms with Crippen LogP contribution < -0.4 is 5.46 Å². The fourth-order valence-corrected chi connectivity index (χ4v) is 15.3. The van der Waals surface area contributed by atoms with Crippen molar-refractivity contribution in [2.45, 2.75) is 38.9 Å². The van der Waals surface area contributed by atoms with E-state index in [1.165, 1.54) is 16.3 Å². The molecule has 0 aliphatic carbocycles. The van der Waals surface area contributed by atoms with Crippen LogP contribution in [0.2, 0.25) is 0 Å². The third-order valence-electron chi connectivity index (χ3n) is 20.2. The summed E-state index contributed by atoms with van der Waals surface area (Å²) in [6.07, 6.45) is 3.74. The van der Waals surface area contributed by atoms with Gasteiger partial charge in [-0.3, -0.25) is 18.8 Å². The van der Waals surface area contributed by atoms with E-state index < -0.39 is 18.3 Å². The molecule has 9 heterocycles. The van der Waals surface area contributed by atoms with E-state index in [2.05, 4.69) is 253 Å². The summed E-state index contributed by atoms with van der Waals surface area (Å²) in [6, 6.07) is 92.8. The standard InChI is InChI=1S/C40H23N3O.C28H24BN3O2.C18H11BrO/c1-2-14-29-27(12-1)31(23-32-37(29)40-42-33-17-4-5-18-34(33)43(40)35-19-9-21-41-38(32)35)25-11-7-10-24(22-25)26-15-8-16-30-28-13-3-6-20-36(28)44-39(26)30;1-27(2)28(3,4)34-29(33-27)20-16-19-24(18-11-6-5-10-17(18)20)26-31-21-12-7-8-13-22(21)32(26)23-14-9-15-30-25(19)23;19-13-6-3-5-12(11-13)14-8-4-9-16-15-7-1-2-10-17(15)20-18(14)16/h1-23H;5-16H,1-4H3;1-11H. The second-order valence-electron chi connectivity index (χ2n) is 26.3. The third-order valence-corrected chi connectivity index (χ3v) is 20.7. The van der Waals surface area contributed by atoms with Crippen molar-refractivity contribution in [2.75, 3.05) is 0 Å². The van der Waals surface area contributed by atoms with Crippen molar-refractivity contribution in [1.82, 2.24) is 28.7 Å². The number of aromatic nitrogens is 6. The monoisotopic (exact) mass is 1330 g/mol. The molecule has 0 bridgehead atoms. The molecule has 1 aliphatic heterocycles. The van der Waals surface area contributed by atoms with Crippen LogP contribution in [0.5, 0.6) is 0 Å². The number of para-hydroxylation sites is 8. The largest absolute Gasteiger partial charge is 0.495 e. The highest BCUT2D eigenvalue weighted by atomic mass is 79.9. The minimum absolute atomic E-state index is 0.418. The fourth-order valence-electron chi connectivity index (χ4n) is 14.9. The van der Waals surface area contributed by atoms with Crippen molar-refractivity contribution in [2.24, 2.45) is 0 Å². The number of halogens is 1. The number of benzene rings is 12. The fraction of sp³-hybridized carbons (Fsp3) is 0.0698. The number of hydrogen-bond donors (Lipinski definition) is 0. The Kier molecular flexibility index (Phi) is 13.2. The molecule has 12 heteroatoms. The predicted molar refractivity (Wildman–Crippen MR) is 407 cm³/mol. The van der Waals surface area contributed by atoms with Gasteiger partial charge in [-0.15, -0.1) is 0 Å². The minimum Gasteiger partial charge on any atom is -0.455 e. The van der Waals surface area contributed by atoms with Crippen LogP contribution in [0.4, 0.5) is 0 Å². The molecule has 466 valence electrons. The van der Waals surface area contributed by atoms with Crippen LogP contribution in [0.15, 0.2) is 293 Å². The number of imidazole rings is 2. The lowest BCUT2D eigenvalue weighted by Gasteiger charge is -2.32. The van der Waals surface area contributed by atoms with Gasteiger partial charge in [-0.25, -0.2) is 9.97 Å². The lowest BCUT2D eigenvalue weighted by atomic mass is 9.74. The third kappa shape index (κ3) is 9.02. The molecule has 1 aliphatic rings. The molecular weight excluding hydrogens is 1270 g/mol. The Morgan fingerprint density at radius 1 is 0.347 bits per heavy atom. The zero-order valence-corrected chi connectivity index (χ0v) is 55.4. The number of rotatable bonds is 4. The molecule has 0 spiro atoms. The van der Waals surface area contributed by atoms with E-state index in [1.54, 1.807) is 0 Å². The average Bonchev–Trinajstić information content (AvgIpc) is 1.35. The van der Waals surface area contributed by atoms with E-state index >= 15 is 0 Å². The second kappa shape index (κ2) is 22.3. The first-order valence-corrected chi connectivity index (χ1v) is 33.8. The van der Waals surface area contributed by atoms with Crippen molar-refractivity contribution >= 4 is 171 Å². The molecule has 0 saturated carbocycles. The van der Waals surface area contributed by atoms with Crippen LogP contribution in [0.3, 0.4) is 0 Å². The van der Waals surface area contributed by atoms with Gasteiger partial charge in [0, 0.05) is 71.1 Å². The van der Waals surface area contributed by atoms with Crippen LogP contribution in [0.1, 0.15) is 27.7 Å². The Hall–Kier alpha value is -11.5. The molecule has 98 heavy (non-hydrogen) atoms. The molecule has 20 aromatic rings. The van der Waals surface area contributed by atoms with E-state index in [0.29, 0.717) is 0 Å². The smallest absolute Gasteiger partial charge is 0.455 e. The molecule has 0 amide bonds. The van der Waals surface area contributed by atoms with Gasteiger partial charge in [-0.05, 0) is 162 Å². The number of furan rings is 2. The summed E-state index contributed by atoms with van der Waals surface area (Å²) in [4.78, 5) is 20.1. The lowest BCUT2D eigenvalue weighted by Crippen LogP contribution is -2.41. The molecule has 0 unspecified atom stereocenters. The van der Waals surface area contributed by atoms with E-state index in [0.717, 1.165) is 169 Å². The highest BCUT2D eigenvalue weighted by Gasteiger charge is 2.52. The van der Waals surface area contributed by atoms with E-state index in [9.17, 15) is 0 Å². The molecule has 8 aromatic heterocycles.